The van der Waals surface area contributed by atoms with E-state index in [2.05, 4.69) is 20.6 Å². The van der Waals surface area contributed by atoms with Crippen molar-refractivity contribution < 1.29 is 35.9 Å². The molecule has 0 aliphatic rings. The maximum atomic E-state index is 13.4. The predicted molar refractivity (Wildman–Crippen MR) is 119 cm³/mol. The first-order valence-corrected chi connectivity index (χ1v) is 13.3. The molecule has 0 saturated carbocycles. The van der Waals surface area contributed by atoms with Gasteiger partial charge in [0.2, 0.25) is 5.95 Å². The molecule has 34 heavy (non-hydrogen) atoms. The molecule has 0 unspecified atom stereocenters. The summed E-state index contributed by atoms with van der Waals surface area (Å²) >= 11 is 0. The summed E-state index contributed by atoms with van der Waals surface area (Å²) in [6, 6.07) is 11.7. The van der Waals surface area contributed by atoms with Crippen LogP contribution >= 0.6 is 7.60 Å². The van der Waals surface area contributed by atoms with Gasteiger partial charge in [-0.05, 0) is 35.4 Å². The average Bonchev–Trinajstić information content (AvgIpc) is 2.71. The van der Waals surface area contributed by atoms with Crippen molar-refractivity contribution >= 4 is 34.9 Å². The molecule has 2 aromatic carbocycles. The van der Waals surface area contributed by atoms with Crippen LogP contribution in [0.2, 0.25) is 0 Å². The van der Waals surface area contributed by atoms with Gasteiger partial charge in [0.1, 0.15) is 11.4 Å². The summed E-state index contributed by atoms with van der Waals surface area (Å²) in [7, 11) is -7.72. The molecular weight excluding hydrogens is 496 g/mol. The predicted octanol–water partition coefficient (Wildman–Crippen LogP) is 3.93. The summed E-state index contributed by atoms with van der Waals surface area (Å²) in [5.41, 5.74) is 0.103. The highest BCUT2D eigenvalue weighted by molar-refractivity contribution is 7.90. The Morgan fingerprint density at radius 3 is 2.32 bits per heavy atom. The SMILES string of the molecule is CS(=O)(=O)c1cccc(CNc2nc(Nc3ccc(CP(=O)(O)O)cc3)ncc2C(F)(F)F)c1. The van der Waals surface area contributed by atoms with E-state index in [0.717, 1.165) is 6.26 Å². The third-order valence-corrected chi connectivity index (χ3v) is 6.37. The number of alkyl halides is 3. The fraction of sp³-hybridized carbons (Fsp3) is 0.200. The van der Waals surface area contributed by atoms with Crippen molar-refractivity contribution in [2.75, 3.05) is 16.9 Å². The average molecular weight is 516 g/mol. The molecule has 0 atom stereocenters. The molecule has 4 N–H and O–H groups in total. The van der Waals surface area contributed by atoms with Gasteiger partial charge in [-0.2, -0.15) is 18.2 Å². The number of sulfone groups is 1. The maximum Gasteiger partial charge on any atom is 0.421 e. The van der Waals surface area contributed by atoms with Crippen LogP contribution in [0.5, 0.6) is 0 Å². The second kappa shape index (κ2) is 9.71. The molecule has 1 aromatic heterocycles. The lowest BCUT2D eigenvalue weighted by atomic mass is 10.2. The molecule has 0 bridgehead atoms. The van der Waals surface area contributed by atoms with Crippen molar-refractivity contribution in [3.05, 3.63) is 71.4 Å². The Morgan fingerprint density at radius 1 is 1.06 bits per heavy atom. The molecule has 0 radical (unpaired) electrons. The van der Waals surface area contributed by atoms with E-state index in [0.29, 0.717) is 23.0 Å². The topological polar surface area (TPSA) is 142 Å². The molecule has 9 nitrogen and oxygen atoms in total. The van der Waals surface area contributed by atoms with E-state index in [1.807, 2.05) is 0 Å². The summed E-state index contributed by atoms with van der Waals surface area (Å²) in [5.74, 6) is -0.656. The van der Waals surface area contributed by atoms with Gasteiger partial charge >= 0.3 is 13.8 Å². The molecule has 0 saturated heterocycles. The van der Waals surface area contributed by atoms with Crippen LogP contribution in [0.15, 0.2) is 59.6 Å². The Kier molecular flexibility index (Phi) is 7.32. The summed E-state index contributed by atoms with van der Waals surface area (Å²) in [6.07, 6.45) is -3.53. The number of hydrogen-bond donors (Lipinski definition) is 4. The molecule has 0 aliphatic heterocycles. The van der Waals surface area contributed by atoms with E-state index in [-0.39, 0.29) is 17.4 Å². The zero-order chi connectivity index (χ0) is 25.1. The first-order chi connectivity index (χ1) is 15.7. The van der Waals surface area contributed by atoms with Crippen molar-refractivity contribution in [3.8, 4) is 0 Å². The Hall–Kier alpha value is -2.99. The third-order valence-electron chi connectivity index (χ3n) is 4.48. The fourth-order valence-corrected chi connectivity index (χ4v) is 4.29. The molecule has 3 aromatic rings. The minimum absolute atomic E-state index is 0.0371. The van der Waals surface area contributed by atoms with Crippen LogP contribution in [-0.4, -0.2) is 34.4 Å². The van der Waals surface area contributed by atoms with Gasteiger partial charge in [-0.25, -0.2) is 13.4 Å². The zero-order valence-electron chi connectivity index (χ0n) is 17.6. The number of nitrogens with zero attached hydrogens (tertiary/aromatic N) is 2. The Labute approximate surface area is 193 Å². The van der Waals surface area contributed by atoms with E-state index < -0.39 is 41.2 Å². The quantitative estimate of drug-likeness (QED) is 0.328. The standard InChI is InChI=1S/C20H20F3N4O5PS/c1-34(31,32)16-4-2-3-14(9-16)10-24-18-17(20(21,22)23)11-25-19(27-18)26-15-7-5-13(6-8-15)12-33(28,29)30/h2-9,11H,10,12H2,1H3,(H2,28,29,30)(H2,24,25,26,27). The van der Waals surface area contributed by atoms with Crippen LogP contribution in [-0.2, 0) is 33.3 Å². The van der Waals surface area contributed by atoms with E-state index in [4.69, 9.17) is 9.79 Å². The minimum atomic E-state index is -4.74. The number of rotatable bonds is 8. The Bertz CT molecular complexity index is 1330. The first-order valence-electron chi connectivity index (χ1n) is 9.58. The van der Waals surface area contributed by atoms with Gasteiger partial charge in [-0.15, -0.1) is 0 Å². The van der Waals surface area contributed by atoms with Crippen LogP contribution < -0.4 is 10.6 Å². The number of benzene rings is 2. The van der Waals surface area contributed by atoms with Crippen LogP contribution in [0, 0.1) is 0 Å². The monoisotopic (exact) mass is 516 g/mol. The van der Waals surface area contributed by atoms with Crippen molar-refractivity contribution in [1.82, 2.24) is 9.97 Å². The second-order valence-corrected chi connectivity index (χ2v) is 11.0. The maximum absolute atomic E-state index is 13.4. The van der Waals surface area contributed by atoms with Crippen LogP contribution in [0.1, 0.15) is 16.7 Å². The molecule has 0 fully saturated rings. The number of halogens is 3. The summed E-state index contributed by atoms with van der Waals surface area (Å²) in [4.78, 5) is 25.7. The van der Waals surface area contributed by atoms with Gasteiger partial charge in [0, 0.05) is 24.7 Å². The molecule has 0 spiro atoms. The Morgan fingerprint density at radius 2 is 1.74 bits per heavy atom. The van der Waals surface area contributed by atoms with Crippen molar-refractivity contribution in [2.45, 2.75) is 23.8 Å². The lowest BCUT2D eigenvalue weighted by molar-refractivity contribution is -0.137. The van der Waals surface area contributed by atoms with Crippen LogP contribution in [0.3, 0.4) is 0 Å². The number of aromatic nitrogens is 2. The number of hydrogen-bond acceptors (Lipinski definition) is 7. The third kappa shape index (κ3) is 7.26. The lowest BCUT2D eigenvalue weighted by Crippen LogP contribution is -2.14. The second-order valence-electron chi connectivity index (χ2n) is 7.37. The van der Waals surface area contributed by atoms with Gasteiger partial charge in [0.05, 0.1) is 11.1 Å². The summed E-state index contributed by atoms with van der Waals surface area (Å²) in [5, 5.41) is 5.32. The zero-order valence-corrected chi connectivity index (χ0v) is 19.3. The van der Waals surface area contributed by atoms with Gasteiger partial charge < -0.3 is 20.4 Å². The van der Waals surface area contributed by atoms with Gasteiger partial charge in [0.25, 0.3) is 0 Å². The van der Waals surface area contributed by atoms with Crippen molar-refractivity contribution in [1.29, 1.82) is 0 Å². The normalized spacial score (nSPS) is 12.4. The largest absolute Gasteiger partial charge is 0.421 e. The molecule has 3 rings (SSSR count). The van der Waals surface area contributed by atoms with E-state index in [9.17, 15) is 26.2 Å². The highest BCUT2D eigenvalue weighted by Gasteiger charge is 2.35. The molecular formula is C20H20F3N4O5PS. The summed E-state index contributed by atoms with van der Waals surface area (Å²) < 4.78 is 74.9. The minimum Gasteiger partial charge on any atom is -0.365 e. The highest BCUT2D eigenvalue weighted by atomic mass is 32.2. The highest BCUT2D eigenvalue weighted by Crippen LogP contribution is 2.39. The van der Waals surface area contributed by atoms with Gasteiger partial charge in [-0.3, -0.25) is 4.57 Å². The van der Waals surface area contributed by atoms with E-state index >= 15 is 0 Å². The molecule has 0 aliphatic carbocycles. The van der Waals surface area contributed by atoms with Crippen molar-refractivity contribution in [3.63, 3.8) is 0 Å². The molecule has 182 valence electrons. The smallest absolute Gasteiger partial charge is 0.365 e. The lowest BCUT2D eigenvalue weighted by Gasteiger charge is -2.15. The summed E-state index contributed by atoms with van der Waals surface area (Å²) in [6.45, 7) is -0.125. The van der Waals surface area contributed by atoms with Gasteiger partial charge in [-0.1, -0.05) is 24.3 Å². The number of nitrogens with one attached hydrogen (secondary N) is 2. The van der Waals surface area contributed by atoms with Crippen LogP contribution in [0.25, 0.3) is 0 Å². The van der Waals surface area contributed by atoms with Gasteiger partial charge in [0.15, 0.2) is 9.84 Å². The molecule has 1 heterocycles. The molecule has 14 heteroatoms. The van der Waals surface area contributed by atoms with Crippen LogP contribution in [0.4, 0.5) is 30.6 Å². The number of anilines is 3. The van der Waals surface area contributed by atoms with E-state index in [1.165, 1.54) is 42.5 Å². The molecule has 0 amide bonds. The first kappa shape index (κ1) is 25.6. The fourth-order valence-electron chi connectivity index (χ4n) is 2.92. The van der Waals surface area contributed by atoms with E-state index in [1.54, 1.807) is 6.07 Å². The Balaban J connectivity index is 1.82. The van der Waals surface area contributed by atoms with Crippen molar-refractivity contribution in [2.24, 2.45) is 0 Å².